The van der Waals surface area contributed by atoms with E-state index in [1.807, 2.05) is 0 Å². The van der Waals surface area contributed by atoms with E-state index in [0.29, 0.717) is 11.8 Å². The number of hydrogen-bond donors (Lipinski definition) is 0. The van der Waals surface area contributed by atoms with Crippen molar-refractivity contribution in [1.82, 2.24) is 9.78 Å². The van der Waals surface area contributed by atoms with Gasteiger partial charge in [0.1, 0.15) is 5.82 Å². The van der Waals surface area contributed by atoms with Gasteiger partial charge in [-0.15, -0.1) is 0 Å². The molecule has 0 amide bonds. The van der Waals surface area contributed by atoms with Crippen LogP contribution in [0.5, 0.6) is 0 Å². The van der Waals surface area contributed by atoms with Crippen molar-refractivity contribution < 1.29 is 9.18 Å². The first kappa shape index (κ1) is 9.58. The number of aldehydes is 1. The van der Waals surface area contributed by atoms with Crippen molar-refractivity contribution in [2.24, 2.45) is 7.05 Å². The van der Waals surface area contributed by atoms with Gasteiger partial charge >= 0.3 is 0 Å². The molecule has 3 nitrogen and oxygen atoms in total. The Morgan fingerprint density at radius 1 is 1.40 bits per heavy atom. The van der Waals surface area contributed by atoms with E-state index in [1.54, 1.807) is 36.1 Å². The van der Waals surface area contributed by atoms with Gasteiger partial charge in [0.05, 0.1) is 11.3 Å². The summed E-state index contributed by atoms with van der Waals surface area (Å²) >= 11 is 0. The van der Waals surface area contributed by atoms with Gasteiger partial charge in [-0.1, -0.05) is 12.1 Å². The van der Waals surface area contributed by atoms with Crippen molar-refractivity contribution in [2.75, 3.05) is 0 Å². The molecule has 2 rings (SSSR count). The summed E-state index contributed by atoms with van der Waals surface area (Å²) in [6.45, 7) is 0. The molecular weight excluding hydrogens is 195 g/mol. The van der Waals surface area contributed by atoms with E-state index in [9.17, 15) is 9.18 Å². The van der Waals surface area contributed by atoms with Crippen LogP contribution < -0.4 is 0 Å². The zero-order valence-electron chi connectivity index (χ0n) is 8.14. The third kappa shape index (κ3) is 1.54. The third-order valence-corrected chi connectivity index (χ3v) is 2.27. The number of aromatic nitrogens is 2. The molecular formula is C11H9FN2O. The van der Waals surface area contributed by atoms with Crippen molar-refractivity contribution in [3.8, 4) is 11.3 Å². The maximum absolute atomic E-state index is 13.3. The molecule has 0 N–H and O–H groups in total. The van der Waals surface area contributed by atoms with Gasteiger partial charge in [-0.05, 0) is 12.1 Å². The molecule has 0 saturated carbocycles. The Morgan fingerprint density at radius 3 is 2.80 bits per heavy atom. The van der Waals surface area contributed by atoms with E-state index in [0.717, 1.165) is 5.69 Å². The third-order valence-electron chi connectivity index (χ3n) is 2.27. The normalized spacial score (nSPS) is 10.3. The van der Waals surface area contributed by atoms with Crippen LogP contribution in [-0.4, -0.2) is 16.1 Å². The minimum Gasteiger partial charge on any atom is -0.298 e. The fraction of sp³-hybridized carbons (Fsp3) is 0.0909. The molecule has 0 atom stereocenters. The van der Waals surface area contributed by atoms with Crippen LogP contribution >= 0.6 is 0 Å². The summed E-state index contributed by atoms with van der Waals surface area (Å²) in [7, 11) is 1.74. The second-order valence-electron chi connectivity index (χ2n) is 3.16. The molecule has 0 unspecified atom stereocenters. The van der Waals surface area contributed by atoms with Gasteiger partial charge in [0.25, 0.3) is 0 Å². The fourth-order valence-electron chi connectivity index (χ4n) is 1.52. The van der Waals surface area contributed by atoms with E-state index in [-0.39, 0.29) is 5.56 Å². The molecule has 0 aliphatic heterocycles. The maximum Gasteiger partial charge on any atom is 0.153 e. The number of aryl methyl sites for hydroxylation is 1. The molecule has 0 bridgehead atoms. The summed E-state index contributed by atoms with van der Waals surface area (Å²) in [4.78, 5) is 10.8. The molecule has 1 aromatic heterocycles. The van der Waals surface area contributed by atoms with Crippen molar-refractivity contribution in [1.29, 1.82) is 0 Å². The topological polar surface area (TPSA) is 34.9 Å². The van der Waals surface area contributed by atoms with Crippen LogP contribution in [0, 0.1) is 5.82 Å². The lowest BCUT2D eigenvalue weighted by atomic mass is 10.1. The highest BCUT2D eigenvalue weighted by Gasteiger charge is 2.11. The van der Waals surface area contributed by atoms with E-state index < -0.39 is 5.82 Å². The molecule has 0 spiro atoms. The quantitative estimate of drug-likeness (QED) is 0.701. The standard InChI is InChI=1S/C11H9FN2O/c1-14-11(5-6-13-14)8-3-2-4-10(12)9(8)7-15/h2-7H,1H3. The number of halogens is 1. The molecule has 0 aliphatic carbocycles. The Kier molecular flexibility index (Phi) is 2.33. The number of benzene rings is 1. The van der Waals surface area contributed by atoms with Crippen molar-refractivity contribution >= 4 is 6.29 Å². The zero-order chi connectivity index (χ0) is 10.8. The summed E-state index contributed by atoms with van der Waals surface area (Å²) in [5.74, 6) is -0.510. The Morgan fingerprint density at radius 2 is 2.20 bits per heavy atom. The number of rotatable bonds is 2. The summed E-state index contributed by atoms with van der Waals surface area (Å²) < 4.78 is 14.9. The summed E-state index contributed by atoms with van der Waals surface area (Å²) in [5.41, 5.74) is 1.35. The highest BCUT2D eigenvalue weighted by Crippen LogP contribution is 2.23. The predicted molar refractivity (Wildman–Crippen MR) is 54.0 cm³/mol. The molecule has 0 saturated heterocycles. The van der Waals surface area contributed by atoms with E-state index >= 15 is 0 Å². The summed E-state index contributed by atoms with van der Waals surface area (Å²) in [6.07, 6.45) is 2.13. The lowest BCUT2D eigenvalue weighted by Crippen LogP contribution is -1.98. The number of carbonyl (C=O) groups is 1. The van der Waals surface area contributed by atoms with Crippen LogP contribution in [0.4, 0.5) is 4.39 Å². The molecule has 2 aromatic rings. The van der Waals surface area contributed by atoms with Crippen LogP contribution in [0.3, 0.4) is 0 Å². The molecule has 1 aromatic carbocycles. The molecule has 76 valence electrons. The Hall–Kier alpha value is -1.97. The highest BCUT2D eigenvalue weighted by molar-refractivity contribution is 5.86. The fourth-order valence-corrected chi connectivity index (χ4v) is 1.52. The zero-order valence-corrected chi connectivity index (χ0v) is 8.14. The minimum absolute atomic E-state index is 0.0705. The predicted octanol–water partition coefficient (Wildman–Crippen LogP) is 2.04. The lowest BCUT2D eigenvalue weighted by Gasteiger charge is -2.05. The molecule has 15 heavy (non-hydrogen) atoms. The van der Waals surface area contributed by atoms with Crippen LogP contribution in [-0.2, 0) is 7.05 Å². The van der Waals surface area contributed by atoms with Crippen molar-refractivity contribution in [2.45, 2.75) is 0 Å². The van der Waals surface area contributed by atoms with Crippen LogP contribution in [0.15, 0.2) is 30.5 Å². The van der Waals surface area contributed by atoms with Gasteiger partial charge in [0, 0.05) is 18.8 Å². The number of nitrogens with zero attached hydrogens (tertiary/aromatic N) is 2. The first-order valence-electron chi connectivity index (χ1n) is 4.46. The molecule has 4 heteroatoms. The van der Waals surface area contributed by atoms with E-state index in [2.05, 4.69) is 5.10 Å². The van der Waals surface area contributed by atoms with Gasteiger partial charge in [-0.25, -0.2) is 4.39 Å². The average Bonchev–Trinajstić information content (AvgIpc) is 2.64. The first-order chi connectivity index (χ1) is 7.24. The SMILES string of the molecule is Cn1nccc1-c1cccc(F)c1C=O. The van der Waals surface area contributed by atoms with E-state index in [1.165, 1.54) is 6.07 Å². The van der Waals surface area contributed by atoms with Crippen LogP contribution in [0.1, 0.15) is 10.4 Å². The Balaban J connectivity index is 2.68. The highest BCUT2D eigenvalue weighted by atomic mass is 19.1. The van der Waals surface area contributed by atoms with Crippen molar-refractivity contribution in [3.05, 3.63) is 41.8 Å². The summed E-state index contributed by atoms with van der Waals surface area (Å²) in [5, 5.41) is 3.98. The van der Waals surface area contributed by atoms with Crippen LogP contribution in [0.25, 0.3) is 11.3 Å². The van der Waals surface area contributed by atoms with Crippen LogP contribution in [0.2, 0.25) is 0 Å². The van der Waals surface area contributed by atoms with Gasteiger partial charge in [0.2, 0.25) is 0 Å². The van der Waals surface area contributed by atoms with Gasteiger partial charge in [-0.3, -0.25) is 9.48 Å². The van der Waals surface area contributed by atoms with Gasteiger partial charge in [-0.2, -0.15) is 5.10 Å². The Labute approximate surface area is 86.2 Å². The molecule has 0 aliphatic rings. The number of hydrogen-bond acceptors (Lipinski definition) is 2. The second-order valence-corrected chi connectivity index (χ2v) is 3.16. The minimum atomic E-state index is -0.510. The number of carbonyl (C=O) groups excluding carboxylic acids is 1. The first-order valence-corrected chi connectivity index (χ1v) is 4.46. The second kappa shape index (κ2) is 3.65. The largest absolute Gasteiger partial charge is 0.298 e. The average molecular weight is 204 g/mol. The monoisotopic (exact) mass is 204 g/mol. The molecule has 1 heterocycles. The Bertz CT molecular complexity index is 505. The lowest BCUT2D eigenvalue weighted by molar-refractivity contribution is 0.112. The smallest absolute Gasteiger partial charge is 0.153 e. The van der Waals surface area contributed by atoms with Gasteiger partial charge in [0.15, 0.2) is 6.29 Å². The molecule has 0 fully saturated rings. The maximum atomic E-state index is 13.3. The van der Waals surface area contributed by atoms with Gasteiger partial charge < -0.3 is 0 Å². The summed E-state index contributed by atoms with van der Waals surface area (Å²) in [6, 6.07) is 6.28. The van der Waals surface area contributed by atoms with Crippen molar-refractivity contribution in [3.63, 3.8) is 0 Å². The molecule has 0 radical (unpaired) electrons. The van der Waals surface area contributed by atoms with E-state index in [4.69, 9.17) is 0 Å².